The quantitative estimate of drug-likeness (QED) is 0.629. The van der Waals surface area contributed by atoms with Crippen LogP contribution in [0.4, 0.5) is 0 Å². The predicted molar refractivity (Wildman–Crippen MR) is 64.3 cm³/mol. The van der Waals surface area contributed by atoms with E-state index in [1.165, 1.54) is 5.56 Å². The largest absolute Gasteiger partial charge is 0.261 e. The van der Waals surface area contributed by atoms with E-state index in [1.54, 1.807) is 12.4 Å². The summed E-state index contributed by atoms with van der Waals surface area (Å²) in [4.78, 5) is 8.35. The predicted octanol–water partition coefficient (Wildman–Crippen LogP) is 3.00. The maximum Gasteiger partial charge on any atom is 0.0796 e. The van der Waals surface area contributed by atoms with Crippen LogP contribution in [0.2, 0.25) is 0 Å². The van der Waals surface area contributed by atoms with Gasteiger partial charge in [0, 0.05) is 18.6 Å². The first-order valence-electron chi connectivity index (χ1n) is 4.33. The van der Waals surface area contributed by atoms with Crippen molar-refractivity contribution < 1.29 is 0 Å². The highest BCUT2D eigenvalue weighted by atomic mass is 127. The number of rotatable bonds is 2. The Morgan fingerprint density at radius 1 is 1.07 bits per heavy atom. The number of aromatic nitrogens is 2. The second kappa shape index (κ2) is 4.50. The van der Waals surface area contributed by atoms with Crippen LogP contribution in [0.3, 0.4) is 0 Å². The van der Waals surface area contributed by atoms with Crippen LogP contribution >= 0.6 is 22.6 Å². The Morgan fingerprint density at radius 2 is 1.86 bits per heavy atom. The van der Waals surface area contributed by atoms with Crippen LogP contribution in [0.25, 0.3) is 0 Å². The maximum absolute atomic E-state index is 4.29. The van der Waals surface area contributed by atoms with E-state index in [-0.39, 0.29) is 3.92 Å². The molecule has 0 spiro atoms. The molecule has 0 amide bonds. The molecule has 2 nitrogen and oxygen atoms in total. The van der Waals surface area contributed by atoms with Gasteiger partial charge in [0.25, 0.3) is 0 Å². The molecule has 1 unspecified atom stereocenters. The Kier molecular flexibility index (Phi) is 3.08. The van der Waals surface area contributed by atoms with Crippen molar-refractivity contribution in [2.75, 3.05) is 0 Å². The van der Waals surface area contributed by atoms with Crippen LogP contribution in [-0.2, 0) is 0 Å². The molecule has 0 saturated heterocycles. The molecule has 0 bridgehead atoms. The standard InChI is InChI=1S/C11H9IN2/c12-11(9-4-2-1-3-5-9)10-8-13-6-7-14-10/h1-8,11H. The average Bonchev–Trinajstić information content (AvgIpc) is 2.30. The lowest BCUT2D eigenvalue weighted by atomic mass is 10.1. The van der Waals surface area contributed by atoms with E-state index < -0.39 is 0 Å². The number of hydrogen-bond donors (Lipinski definition) is 0. The zero-order valence-electron chi connectivity index (χ0n) is 7.47. The van der Waals surface area contributed by atoms with Crippen molar-refractivity contribution in [1.82, 2.24) is 9.97 Å². The summed E-state index contributed by atoms with van der Waals surface area (Å²) in [6.45, 7) is 0. The van der Waals surface area contributed by atoms with Gasteiger partial charge in [-0.25, -0.2) is 0 Å². The highest BCUT2D eigenvalue weighted by Gasteiger charge is 2.10. The van der Waals surface area contributed by atoms with Gasteiger partial charge in [0.15, 0.2) is 0 Å². The lowest BCUT2D eigenvalue weighted by Gasteiger charge is -2.08. The summed E-state index contributed by atoms with van der Waals surface area (Å²) in [5.41, 5.74) is 2.26. The minimum Gasteiger partial charge on any atom is -0.261 e. The van der Waals surface area contributed by atoms with Crippen LogP contribution in [-0.4, -0.2) is 9.97 Å². The van der Waals surface area contributed by atoms with Crippen LogP contribution in [0.1, 0.15) is 15.2 Å². The third-order valence-electron chi connectivity index (χ3n) is 1.94. The second-order valence-corrected chi connectivity index (χ2v) is 4.15. The molecule has 2 aromatic rings. The van der Waals surface area contributed by atoms with Crippen molar-refractivity contribution in [1.29, 1.82) is 0 Å². The molecular formula is C11H9IN2. The molecule has 0 aliphatic rings. The molecular weight excluding hydrogens is 287 g/mol. The van der Waals surface area contributed by atoms with E-state index in [4.69, 9.17) is 0 Å². The maximum atomic E-state index is 4.29. The summed E-state index contributed by atoms with van der Waals surface area (Å²) >= 11 is 2.37. The molecule has 1 aromatic carbocycles. The minimum absolute atomic E-state index is 0.280. The van der Waals surface area contributed by atoms with E-state index in [1.807, 2.05) is 24.4 Å². The fourth-order valence-electron chi connectivity index (χ4n) is 1.23. The topological polar surface area (TPSA) is 25.8 Å². The number of halogens is 1. The number of hydrogen-bond acceptors (Lipinski definition) is 2. The molecule has 0 aliphatic heterocycles. The molecule has 3 heteroatoms. The second-order valence-electron chi connectivity index (χ2n) is 2.90. The van der Waals surface area contributed by atoms with Crippen molar-refractivity contribution in [3.05, 3.63) is 60.2 Å². The molecule has 1 heterocycles. The number of alkyl halides is 1. The summed E-state index contributed by atoms with van der Waals surface area (Å²) in [5, 5.41) is 0. The van der Waals surface area contributed by atoms with E-state index in [0.29, 0.717) is 0 Å². The van der Waals surface area contributed by atoms with Gasteiger partial charge in [-0.1, -0.05) is 52.9 Å². The summed E-state index contributed by atoms with van der Waals surface area (Å²) in [6, 6.07) is 10.3. The highest BCUT2D eigenvalue weighted by molar-refractivity contribution is 14.1. The van der Waals surface area contributed by atoms with Gasteiger partial charge in [0.2, 0.25) is 0 Å². The molecule has 0 N–H and O–H groups in total. The molecule has 1 aromatic heterocycles. The molecule has 14 heavy (non-hydrogen) atoms. The van der Waals surface area contributed by atoms with Crippen molar-refractivity contribution >= 4 is 22.6 Å². The molecule has 0 saturated carbocycles. The SMILES string of the molecule is IC(c1ccccc1)c1cnccn1. The van der Waals surface area contributed by atoms with E-state index in [0.717, 1.165) is 5.69 Å². The Bertz CT molecular complexity index is 349. The average molecular weight is 296 g/mol. The van der Waals surface area contributed by atoms with Crippen LogP contribution in [0.5, 0.6) is 0 Å². The fourth-order valence-corrected chi connectivity index (χ4v) is 1.97. The number of nitrogens with zero attached hydrogens (tertiary/aromatic N) is 2. The van der Waals surface area contributed by atoms with Gasteiger partial charge in [0.05, 0.1) is 9.62 Å². The van der Waals surface area contributed by atoms with Gasteiger partial charge in [-0.2, -0.15) is 0 Å². The van der Waals surface area contributed by atoms with Crippen molar-refractivity contribution in [2.45, 2.75) is 3.92 Å². The Labute approximate surface area is 96.6 Å². The first-order valence-corrected chi connectivity index (χ1v) is 5.57. The Hall–Kier alpha value is -0.970. The smallest absolute Gasteiger partial charge is 0.0796 e. The van der Waals surface area contributed by atoms with Crippen LogP contribution in [0.15, 0.2) is 48.9 Å². The van der Waals surface area contributed by atoms with Crippen LogP contribution < -0.4 is 0 Å². The molecule has 70 valence electrons. The third-order valence-corrected chi connectivity index (χ3v) is 3.29. The summed E-state index contributed by atoms with van der Waals surface area (Å²) < 4.78 is 0.280. The minimum atomic E-state index is 0.280. The summed E-state index contributed by atoms with van der Waals surface area (Å²) in [6.07, 6.45) is 5.23. The molecule has 2 rings (SSSR count). The van der Waals surface area contributed by atoms with E-state index in [2.05, 4.69) is 44.7 Å². The Morgan fingerprint density at radius 3 is 2.50 bits per heavy atom. The first kappa shape index (κ1) is 9.58. The Balaban J connectivity index is 2.30. The fraction of sp³-hybridized carbons (Fsp3) is 0.0909. The molecule has 0 aliphatic carbocycles. The van der Waals surface area contributed by atoms with Gasteiger partial charge in [-0.15, -0.1) is 0 Å². The highest BCUT2D eigenvalue weighted by Crippen LogP contribution is 2.28. The summed E-state index contributed by atoms with van der Waals surface area (Å²) in [7, 11) is 0. The van der Waals surface area contributed by atoms with Crippen LogP contribution in [0, 0.1) is 0 Å². The van der Waals surface area contributed by atoms with Gasteiger partial charge < -0.3 is 0 Å². The first-order chi connectivity index (χ1) is 6.88. The molecule has 0 fully saturated rings. The van der Waals surface area contributed by atoms with Gasteiger partial charge in [0.1, 0.15) is 0 Å². The zero-order valence-corrected chi connectivity index (χ0v) is 9.63. The van der Waals surface area contributed by atoms with Gasteiger partial charge in [-0.3, -0.25) is 9.97 Å². The summed E-state index contributed by atoms with van der Waals surface area (Å²) in [5.74, 6) is 0. The van der Waals surface area contributed by atoms with Crippen molar-refractivity contribution in [3.63, 3.8) is 0 Å². The van der Waals surface area contributed by atoms with E-state index in [9.17, 15) is 0 Å². The number of benzene rings is 1. The third kappa shape index (κ3) is 2.09. The molecule has 1 atom stereocenters. The normalized spacial score (nSPS) is 12.4. The van der Waals surface area contributed by atoms with E-state index >= 15 is 0 Å². The molecule has 0 radical (unpaired) electrons. The monoisotopic (exact) mass is 296 g/mol. The van der Waals surface area contributed by atoms with Gasteiger partial charge >= 0.3 is 0 Å². The lowest BCUT2D eigenvalue weighted by molar-refractivity contribution is 1.03. The zero-order chi connectivity index (χ0) is 9.80. The van der Waals surface area contributed by atoms with Gasteiger partial charge in [-0.05, 0) is 5.56 Å². The lowest BCUT2D eigenvalue weighted by Crippen LogP contribution is -1.95. The van der Waals surface area contributed by atoms with Crippen molar-refractivity contribution in [2.24, 2.45) is 0 Å². The van der Waals surface area contributed by atoms with Crippen molar-refractivity contribution in [3.8, 4) is 0 Å².